The molecule has 1 fully saturated rings. The first-order valence-electron chi connectivity index (χ1n) is 9.40. The summed E-state index contributed by atoms with van der Waals surface area (Å²) in [5, 5.41) is 6.25. The first kappa shape index (κ1) is 23.5. The van der Waals surface area contributed by atoms with Gasteiger partial charge in [-0.15, -0.1) is 11.3 Å². The van der Waals surface area contributed by atoms with E-state index in [-0.39, 0.29) is 33.3 Å². The zero-order valence-corrected chi connectivity index (χ0v) is 19.3. The summed E-state index contributed by atoms with van der Waals surface area (Å²) < 4.78 is 45.7. The van der Waals surface area contributed by atoms with Crippen molar-refractivity contribution in [2.24, 2.45) is 0 Å². The van der Waals surface area contributed by atoms with Gasteiger partial charge in [0.05, 0.1) is 27.2 Å². The third kappa shape index (κ3) is 4.84. The number of aromatic nitrogens is 2. The summed E-state index contributed by atoms with van der Waals surface area (Å²) in [5.74, 6) is -1.75. The summed E-state index contributed by atoms with van der Waals surface area (Å²) in [7, 11) is 0. The molecule has 0 atom stereocenters. The van der Waals surface area contributed by atoms with E-state index in [9.17, 15) is 27.6 Å². The molecule has 3 rings (SSSR count). The highest BCUT2D eigenvalue weighted by atomic mass is 79.9. The molecule has 1 N–H and O–H groups in total. The predicted molar refractivity (Wildman–Crippen MR) is 111 cm³/mol. The third-order valence-electron chi connectivity index (χ3n) is 4.66. The molecule has 0 saturated heterocycles. The molecule has 7 nitrogen and oxygen atoms in total. The predicted octanol–water partition coefficient (Wildman–Crippen LogP) is 4.93. The molecule has 0 aromatic carbocycles. The second-order valence-electron chi connectivity index (χ2n) is 7.06. The highest BCUT2D eigenvalue weighted by Gasteiger charge is 2.42. The molecular formula is C19H19BrF3N3O4S. The van der Waals surface area contributed by atoms with Crippen LogP contribution < -0.4 is 5.32 Å². The Labute approximate surface area is 188 Å². The van der Waals surface area contributed by atoms with Crippen LogP contribution >= 0.6 is 27.3 Å². The minimum Gasteiger partial charge on any atom is -0.462 e. The van der Waals surface area contributed by atoms with Crippen LogP contribution in [0.1, 0.15) is 69.6 Å². The highest BCUT2D eigenvalue weighted by Crippen LogP contribution is 2.47. The van der Waals surface area contributed by atoms with E-state index >= 15 is 0 Å². The van der Waals surface area contributed by atoms with Crippen molar-refractivity contribution in [3.05, 3.63) is 31.9 Å². The van der Waals surface area contributed by atoms with Gasteiger partial charge in [-0.3, -0.25) is 14.3 Å². The topological polar surface area (TPSA) is 90.3 Å². The van der Waals surface area contributed by atoms with Crippen molar-refractivity contribution in [2.45, 2.75) is 52.3 Å². The maximum absolute atomic E-state index is 13.3. The van der Waals surface area contributed by atoms with Gasteiger partial charge in [0.15, 0.2) is 11.5 Å². The molecule has 0 spiro atoms. The number of hydrogen-bond donors (Lipinski definition) is 1. The number of esters is 1. The quantitative estimate of drug-likeness (QED) is 0.412. The minimum atomic E-state index is -4.66. The van der Waals surface area contributed by atoms with Crippen LogP contribution in [0.2, 0.25) is 0 Å². The maximum Gasteiger partial charge on any atom is 0.436 e. The number of ketones is 1. The lowest BCUT2D eigenvalue weighted by Gasteiger charge is -2.09. The fourth-order valence-corrected chi connectivity index (χ4v) is 5.13. The first-order valence-corrected chi connectivity index (χ1v) is 11.0. The molecule has 168 valence electrons. The number of hydrogen-bond acceptors (Lipinski definition) is 6. The van der Waals surface area contributed by atoms with Gasteiger partial charge in [0, 0.05) is 5.92 Å². The Morgan fingerprint density at radius 3 is 2.48 bits per heavy atom. The molecule has 1 saturated carbocycles. The molecule has 2 aromatic rings. The number of thiophene rings is 1. The van der Waals surface area contributed by atoms with E-state index in [2.05, 4.69) is 26.3 Å². The zero-order valence-electron chi connectivity index (χ0n) is 16.9. The number of alkyl halides is 3. The third-order valence-corrected chi connectivity index (χ3v) is 6.75. The van der Waals surface area contributed by atoms with Crippen LogP contribution in [0.5, 0.6) is 0 Å². The number of nitrogens with zero attached hydrogens (tertiary/aromatic N) is 2. The Bertz CT molecular complexity index is 1060. The van der Waals surface area contributed by atoms with Crippen LogP contribution in [0.15, 0.2) is 4.47 Å². The van der Waals surface area contributed by atoms with Gasteiger partial charge in [0.25, 0.3) is 0 Å². The lowest BCUT2D eigenvalue weighted by Crippen LogP contribution is -2.22. The van der Waals surface area contributed by atoms with E-state index in [1.165, 1.54) is 6.92 Å². The number of halogens is 4. The number of amides is 1. The maximum atomic E-state index is 13.3. The summed E-state index contributed by atoms with van der Waals surface area (Å²) in [6, 6.07) is 0. The zero-order chi connectivity index (χ0) is 23.1. The van der Waals surface area contributed by atoms with Gasteiger partial charge in [-0.1, -0.05) is 0 Å². The molecule has 12 heteroatoms. The monoisotopic (exact) mass is 521 g/mol. The van der Waals surface area contributed by atoms with Crippen molar-refractivity contribution in [3.8, 4) is 0 Å². The van der Waals surface area contributed by atoms with Gasteiger partial charge < -0.3 is 10.1 Å². The number of carbonyl (C=O) groups is 3. The summed E-state index contributed by atoms with van der Waals surface area (Å²) in [6.07, 6.45) is -3.24. The fraction of sp³-hybridized carbons (Fsp3) is 0.474. The molecular weight excluding hydrogens is 503 g/mol. The van der Waals surface area contributed by atoms with Gasteiger partial charge in [-0.05, 0) is 55.1 Å². The van der Waals surface area contributed by atoms with E-state index in [1.807, 2.05) is 0 Å². The number of carbonyl (C=O) groups excluding carboxylic acids is 3. The van der Waals surface area contributed by atoms with Crippen LogP contribution in [0.3, 0.4) is 0 Å². The molecule has 0 aliphatic heterocycles. The van der Waals surface area contributed by atoms with Gasteiger partial charge >= 0.3 is 12.1 Å². The Kier molecular flexibility index (Phi) is 6.61. The van der Waals surface area contributed by atoms with Crippen molar-refractivity contribution < 1.29 is 32.3 Å². The average molecular weight is 522 g/mol. The minimum absolute atomic E-state index is 0.0606. The van der Waals surface area contributed by atoms with Crippen LogP contribution in [-0.4, -0.2) is 34.0 Å². The number of anilines is 1. The number of ether oxygens (including phenoxy) is 1. The summed E-state index contributed by atoms with van der Waals surface area (Å²) in [5.41, 5.74) is -0.323. The highest BCUT2D eigenvalue weighted by molar-refractivity contribution is 9.10. The van der Waals surface area contributed by atoms with Crippen molar-refractivity contribution >= 4 is 49.9 Å². The molecule has 1 aliphatic carbocycles. The number of Topliss-reactive ketones (excluding diaryl/α,β-unsaturated/α-hetero) is 1. The standard InChI is InChI=1S/C19H19BrF3N3O4S/c1-4-30-18(29)12-8(2)15(9(3)27)31-17(12)24-11(28)7-26-14(10-5-6-10)13(20)16(25-26)19(21,22)23/h10H,4-7H2,1-3H3,(H,24,28). The van der Waals surface area contributed by atoms with E-state index in [1.54, 1.807) is 13.8 Å². The number of nitrogens with one attached hydrogen (secondary N) is 1. The van der Waals surface area contributed by atoms with Crippen molar-refractivity contribution in [1.29, 1.82) is 0 Å². The molecule has 1 amide bonds. The van der Waals surface area contributed by atoms with E-state index in [0.29, 0.717) is 29.0 Å². The Morgan fingerprint density at radius 2 is 1.97 bits per heavy atom. The largest absolute Gasteiger partial charge is 0.462 e. The average Bonchev–Trinajstić information content (AvgIpc) is 3.34. The summed E-state index contributed by atoms with van der Waals surface area (Å²) >= 11 is 3.90. The Hall–Kier alpha value is -2.21. The van der Waals surface area contributed by atoms with Crippen LogP contribution in [0.4, 0.5) is 18.2 Å². The van der Waals surface area contributed by atoms with E-state index < -0.39 is 30.3 Å². The lowest BCUT2D eigenvalue weighted by atomic mass is 10.1. The van der Waals surface area contributed by atoms with Crippen molar-refractivity contribution in [1.82, 2.24) is 9.78 Å². The molecule has 1 aliphatic rings. The van der Waals surface area contributed by atoms with Gasteiger partial charge in [-0.25, -0.2) is 4.79 Å². The molecule has 2 heterocycles. The second-order valence-corrected chi connectivity index (χ2v) is 8.88. The Balaban J connectivity index is 1.91. The van der Waals surface area contributed by atoms with Crippen LogP contribution in [0.25, 0.3) is 0 Å². The molecule has 0 unspecified atom stereocenters. The van der Waals surface area contributed by atoms with E-state index in [0.717, 1.165) is 16.0 Å². The molecule has 2 aromatic heterocycles. The van der Waals surface area contributed by atoms with E-state index in [4.69, 9.17) is 4.74 Å². The molecule has 0 radical (unpaired) electrons. The summed E-state index contributed by atoms with van der Waals surface area (Å²) in [6.45, 7) is 4.15. The normalized spacial score (nSPS) is 13.9. The second kappa shape index (κ2) is 8.73. The van der Waals surface area contributed by atoms with Gasteiger partial charge in [0.2, 0.25) is 5.91 Å². The Morgan fingerprint density at radius 1 is 1.32 bits per heavy atom. The van der Waals surface area contributed by atoms with Gasteiger partial charge in [0.1, 0.15) is 11.5 Å². The molecule has 31 heavy (non-hydrogen) atoms. The van der Waals surface area contributed by atoms with Crippen molar-refractivity contribution in [3.63, 3.8) is 0 Å². The smallest absolute Gasteiger partial charge is 0.436 e. The summed E-state index contributed by atoms with van der Waals surface area (Å²) in [4.78, 5) is 37.2. The SMILES string of the molecule is CCOC(=O)c1c(NC(=O)Cn2nc(C(F)(F)F)c(Br)c2C2CC2)sc(C(C)=O)c1C. The number of rotatable bonds is 7. The lowest BCUT2D eigenvalue weighted by molar-refractivity contribution is -0.142. The van der Waals surface area contributed by atoms with Crippen LogP contribution in [0, 0.1) is 6.92 Å². The first-order chi connectivity index (χ1) is 14.5. The fourth-order valence-electron chi connectivity index (χ4n) is 3.19. The van der Waals surface area contributed by atoms with Crippen LogP contribution in [-0.2, 0) is 22.3 Å². The molecule has 0 bridgehead atoms. The van der Waals surface area contributed by atoms with Crippen molar-refractivity contribution in [2.75, 3.05) is 11.9 Å². The van der Waals surface area contributed by atoms with Gasteiger partial charge in [-0.2, -0.15) is 18.3 Å².